The van der Waals surface area contributed by atoms with Crippen molar-refractivity contribution in [2.75, 3.05) is 0 Å². The Bertz CT molecular complexity index is 9900. The van der Waals surface area contributed by atoms with E-state index in [1.807, 2.05) is 182 Å². The van der Waals surface area contributed by atoms with Gasteiger partial charge in [-0.2, -0.15) is 0 Å². The van der Waals surface area contributed by atoms with E-state index in [2.05, 4.69) is 282 Å². The average molecular weight is 1770 g/mol. The lowest BCUT2D eigenvalue weighted by Gasteiger charge is -2.14. The van der Waals surface area contributed by atoms with Crippen LogP contribution in [0.4, 0.5) is 0 Å². The smallest absolute Gasteiger partial charge is 0.165 e. The van der Waals surface area contributed by atoms with Gasteiger partial charge in [-0.3, -0.25) is 42.4 Å². The second-order valence-corrected chi connectivity index (χ2v) is 34.7. The largest absolute Gasteiger partial charge is 0.292 e. The lowest BCUT2D eigenvalue weighted by Crippen LogP contribution is -2.04. The van der Waals surface area contributed by atoms with Crippen molar-refractivity contribution in [3.8, 4) is 68.7 Å². The molecule has 18 heteroatoms. The maximum Gasteiger partial charge on any atom is 0.165 e. The molecule has 0 unspecified atom stereocenters. The zero-order chi connectivity index (χ0) is 90.6. The second kappa shape index (κ2) is 31.2. The third kappa shape index (κ3) is 12.4. The van der Waals surface area contributed by atoms with Gasteiger partial charge < -0.3 is 0 Å². The monoisotopic (exact) mass is 1760 g/mol. The van der Waals surface area contributed by atoms with Gasteiger partial charge in [0.15, 0.2) is 34.9 Å². The second-order valence-electron chi connectivity index (χ2n) is 34.7. The van der Waals surface area contributed by atoms with Crippen LogP contribution >= 0.6 is 0 Å². The minimum absolute atomic E-state index is 0.791. The Morgan fingerprint density at radius 2 is 0.304 bits per heavy atom. The van der Waals surface area contributed by atoms with E-state index in [1.54, 1.807) is 0 Å². The molecule has 0 saturated carbocycles. The topological polar surface area (TPSA) is 184 Å². The molecule has 0 bridgehead atoms. The molecule has 0 atom stereocenters. The SMILES string of the molecule is c1ccc(-c2nc3ccccc3nc2-n2c3ccccc3c3cc4c(cc32)c2ccccc2n4-c2cnc3ccccc3n2)cc1.c1ccc(-c2nc3ccccc3nc2-n2c3ccccc3c3cc4c(cc32)c2ccccc2n4-c2nc3ccccc3nc2-c2ccccc2)cc1.c1ccc2nc(-n3c4ccccc4c4cc5c(cc43)c3ccccc3n5-c3cnc4ccccc4n3)cnc2c1. The highest BCUT2D eigenvalue weighted by Crippen LogP contribution is 2.47. The van der Waals surface area contributed by atoms with Gasteiger partial charge in [0.25, 0.3) is 0 Å². The van der Waals surface area contributed by atoms with Crippen molar-refractivity contribution >= 4 is 197 Å². The van der Waals surface area contributed by atoms with E-state index in [-0.39, 0.29) is 0 Å². The number of hydrogen-bond acceptors (Lipinski definition) is 12. The quantitative estimate of drug-likeness (QED) is 0.133. The molecule has 30 aromatic rings. The fourth-order valence-corrected chi connectivity index (χ4v) is 20.7. The van der Waals surface area contributed by atoms with Crippen LogP contribution in [-0.2, 0) is 0 Å². The lowest BCUT2D eigenvalue weighted by molar-refractivity contribution is 1.07. The fraction of sp³-hybridized carbons (Fsp3) is 0. The summed E-state index contributed by atoms with van der Waals surface area (Å²) >= 11 is 0. The van der Waals surface area contributed by atoms with E-state index in [4.69, 9.17) is 59.8 Å². The molecule has 0 amide bonds. The molecule has 0 N–H and O–H groups in total. The molecule has 18 nitrogen and oxygen atoms in total. The van der Waals surface area contributed by atoms with Gasteiger partial charge >= 0.3 is 0 Å². The average Bonchev–Trinajstić information content (AvgIpc) is 1.55. The standard InChI is InChI=1S/C46H28N6.C40H24N6.C34H20N6/c1-3-15-29(16-4-1)43-45(49-37-23-11-9-21-35(37)47-43)51-39-25-13-7-19-31(39)33-28-42-34(27-41(33)51)32-20-8-14-26-40(32)52(42)46-44(30-17-5-2-6-18-30)48-36-22-10-12-24-38(36)50-46;1-2-12-25(13-3-1)39-40(44-33-19-9-8-18-32(33)43-39)46-35-21-11-5-15-27(35)29-22-36-28(23-37(29)46)26-14-4-10-20-34(26)45(36)38-24-41-30-16-6-7-17-31(30)42-38;1-7-15-29-21(9-1)23-17-32-24(18-31(23)39(29)33-19-35-25-11-3-5-13-27(25)37-33)22-10-2-8-16-30(22)40(32)34-20-36-26-12-4-6-14-28(26)38-34/h1-28H;1-24H;1-20H. The molecule has 30 rings (SSSR count). The summed E-state index contributed by atoms with van der Waals surface area (Å²) in [4.78, 5) is 61.0. The summed E-state index contributed by atoms with van der Waals surface area (Å²) in [5.41, 5.74) is 28.9. The highest BCUT2D eigenvalue weighted by molar-refractivity contribution is 6.23. The van der Waals surface area contributed by atoms with Gasteiger partial charge in [0.2, 0.25) is 0 Å². The molecule has 12 aromatic heterocycles. The van der Waals surface area contributed by atoms with Crippen LogP contribution < -0.4 is 0 Å². The van der Waals surface area contributed by atoms with E-state index in [0.717, 1.165) is 266 Å². The maximum absolute atomic E-state index is 5.34. The van der Waals surface area contributed by atoms with E-state index in [9.17, 15) is 0 Å². The minimum Gasteiger partial charge on any atom is -0.292 e. The highest BCUT2D eigenvalue weighted by atomic mass is 15.1. The first-order chi connectivity index (χ1) is 68.4. The highest BCUT2D eigenvalue weighted by Gasteiger charge is 2.29. The summed E-state index contributed by atoms with van der Waals surface area (Å²) in [6.45, 7) is 0. The Hall–Kier alpha value is -19.2. The minimum atomic E-state index is 0.791. The van der Waals surface area contributed by atoms with E-state index < -0.39 is 0 Å². The molecular formula is C120H72N18. The molecule has 18 aromatic carbocycles. The van der Waals surface area contributed by atoms with Crippen LogP contribution in [0.3, 0.4) is 0 Å². The Labute approximate surface area is 784 Å². The number of rotatable bonds is 9. The van der Waals surface area contributed by atoms with Crippen molar-refractivity contribution in [2.45, 2.75) is 0 Å². The van der Waals surface area contributed by atoms with E-state index in [0.29, 0.717) is 0 Å². The summed E-state index contributed by atoms with van der Waals surface area (Å²) in [6, 6.07) is 144. The third-order valence-electron chi connectivity index (χ3n) is 26.8. The summed E-state index contributed by atoms with van der Waals surface area (Å²) in [5.74, 6) is 4.79. The van der Waals surface area contributed by atoms with Crippen LogP contribution in [0.25, 0.3) is 266 Å². The number of nitrogens with zero attached hydrogens (tertiary/aromatic N) is 18. The van der Waals surface area contributed by atoms with Crippen LogP contribution in [0.5, 0.6) is 0 Å². The molecule has 0 aliphatic rings. The Morgan fingerprint density at radius 3 is 0.536 bits per heavy atom. The predicted molar refractivity (Wildman–Crippen MR) is 560 cm³/mol. The van der Waals surface area contributed by atoms with Crippen molar-refractivity contribution in [3.05, 3.63) is 437 Å². The molecule has 0 spiro atoms. The zero-order valence-electron chi connectivity index (χ0n) is 73.6. The normalized spacial score (nSPS) is 11.9. The first-order valence-electron chi connectivity index (χ1n) is 46.0. The van der Waals surface area contributed by atoms with Crippen molar-refractivity contribution in [1.29, 1.82) is 0 Å². The van der Waals surface area contributed by atoms with Crippen molar-refractivity contribution in [3.63, 3.8) is 0 Å². The summed E-state index contributed by atoms with van der Waals surface area (Å²) in [6.07, 6.45) is 5.61. The maximum atomic E-state index is 5.34. The van der Waals surface area contributed by atoms with Gasteiger partial charge in [-0.25, -0.2) is 44.9 Å². The van der Waals surface area contributed by atoms with Crippen molar-refractivity contribution in [1.82, 2.24) is 87.2 Å². The number of aromatic nitrogens is 18. The number of fused-ring (bicyclic) bond motifs is 24. The molecule has 0 aliphatic heterocycles. The Kier molecular flexibility index (Phi) is 17.6. The zero-order valence-corrected chi connectivity index (χ0v) is 73.6. The molecule has 0 saturated heterocycles. The van der Waals surface area contributed by atoms with Crippen LogP contribution in [-0.4, -0.2) is 87.2 Å². The van der Waals surface area contributed by atoms with Gasteiger partial charge in [-0.05, 0) is 146 Å². The number of para-hydroxylation sites is 18. The number of hydrogen-bond donors (Lipinski definition) is 0. The molecule has 0 aliphatic carbocycles. The molecule has 0 radical (unpaired) electrons. The van der Waals surface area contributed by atoms with Gasteiger partial charge in [0.1, 0.15) is 17.1 Å². The molecule has 642 valence electrons. The molecular weight excluding hydrogens is 1690 g/mol. The van der Waals surface area contributed by atoms with Crippen LogP contribution in [0, 0.1) is 0 Å². The van der Waals surface area contributed by atoms with Crippen LogP contribution in [0.15, 0.2) is 437 Å². The van der Waals surface area contributed by atoms with Crippen LogP contribution in [0.1, 0.15) is 0 Å². The van der Waals surface area contributed by atoms with Gasteiger partial charge in [0, 0.05) is 81.3 Å². The fourth-order valence-electron chi connectivity index (χ4n) is 20.7. The van der Waals surface area contributed by atoms with Crippen molar-refractivity contribution < 1.29 is 0 Å². The van der Waals surface area contributed by atoms with E-state index >= 15 is 0 Å². The van der Waals surface area contributed by atoms with Gasteiger partial charge in [0.05, 0.1) is 151 Å². The lowest BCUT2D eigenvalue weighted by atomic mass is 10.1. The van der Waals surface area contributed by atoms with Crippen LogP contribution in [0.2, 0.25) is 0 Å². The summed E-state index contributed by atoms with van der Waals surface area (Å²) in [7, 11) is 0. The number of benzene rings is 18. The molecule has 138 heavy (non-hydrogen) atoms. The van der Waals surface area contributed by atoms with Gasteiger partial charge in [-0.1, -0.05) is 273 Å². The molecule has 0 fully saturated rings. The third-order valence-corrected chi connectivity index (χ3v) is 26.8. The predicted octanol–water partition coefficient (Wildman–Crippen LogP) is 28.3. The first-order valence-corrected chi connectivity index (χ1v) is 46.0. The van der Waals surface area contributed by atoms with Gasteiger partial charge in [-0.15, -0.1) is 0 Å². The molecule has 12 heterocycles. The summed E-state index contributed by atoms with van der Waals surface area (Å²) in [5, 5.41) is 13.7. The van der Waals surface area contributed by atoms with Crippen molar-refractivity contribution in [2.24, 2.45) is 0 Å². The first kappa shape index (κ1) is 77.6. The Balaban J connectivity index is 0.000000103. The Morgan fingerprint density at radius 1 is 0.130 bits per heavy atom. The summed E-state index contributed by atoms with van der Waals surface area (Å²) < 4.78 is 13.6. The van der Waals surface area contributed by atoms with E-state index in [1.165, 1.54) is 0 Å².